The summed E-state index contributed by atoms with van der Waals surface area (Å²) in [6.45, 7) is 0. The first-order valence-corrected chi connectivity index (χ1v) is 3.84. The number of carbonyl (C=O) groups is 2. The molecule has 0 spiro atoms. The topological polar surface area (TPSA) is 54.4 Å². The minimum absolute atomic E-state index is 0.227. The number of rotatable bonds is 1. The predicted molar refractivity (Wildman–Crippen MR) is 44.2 cm³/mol. The molecule has 0 fully saturated rings. The number of carboxylic acid groups (broad SMARTS) is 1. The van der Waals surface area contributed by atoms with E-state index in [0.717, 1.165) is 11.3 Å². The van der Waals surface area contributed by atoms with Crippen molar-refractivity contribution in [2.24, 2.45) is 0 Å². The number of aldehydes is 1. The highest BCUT2D eigenvalue weighted by Gasteiger charge is 2.04. The van der Waals surface area contributed by atoms with Crippen LogP contribution in [0.4, 0.5) is 0 Å². The van der Waals surface area contributed by atoms with Gasteiger partial charge in [-0.2, -0.15) is 0 Å². The van der Waals surface area contributed by atoms with Crippen LogP contribution in [-0.2, 0) is 4.79 Å². The molecule has 0 bridgehead atoms. The third-order valence-corrected chi connectivity index (χ3v) is 2.06. The minimum Gasteiger partial charge on any atom is -0.477 e. The SMILES string of the molecule is O=CC#Cc1ccc(C(=O)O)s1. The van der Waals surface area contributed by atoms with Gasteiger partial charge in [0.05, 0.1) is 4.88 Å². The standard InChI is InChI=1S/C8H4O3S/c9-5-1-2-6-3-4-7(12-6)8(10)11/h3-5H,(H,10,11). The number of thiophene rings is 1. The smallest absolute Gasteiger partial charge is 0.345 e. The molecule has 12 heavy (non-hydrogen) atoms. The lowest BCUT2D eigenvalue weighted by Crippen LogP contribution is -1.89. The fraction of sp³-hybridized carbons (Fsp3) is 0. The van der Waals surface area contributed by atoms with Crippen LogP contribution in [0.15, 0.2) is 12.1 Å². The third kappa shape index (κ3) is 1.94. The van der Waals surface area contributed by atoms with Crippen LogP contribution in [0.3, 0.4) is 0 Å². The Morgan fingerprint density at radius 3 is 2.83 bits per heavy atom. The number of carbonyl (C=O) groups excluding carboxylic acids is 1. The van der Waals surface area contributed by atoms with Crippen LogP contribution in [0.25, 0.3) is 0 Å². The van der Waals surface area contributed by atoms with E-state index in [0.29, 0.717) is 11.2 Å². The Hall–Kier alpha value is -1.60. The van der Waals surface area contributed by atoms with Crippen molar-refractivity contribution in [2.75, 3.05) is 0 Å². The zero-order valence-electron chi connectivity index (χ0n) is 5.90. The van der Waals surface area contributed by atoms with Crippen LogP contribution < -0.4 is 0 Å². The Balaban J connectivity index is 2.91. The molecule has 1 N–H and O–H groups in total. The molecule has 0 radical (unpaired) electrons. The molecule has 3 nitrogen and oxygen atoms in total. The van der Waals surface area contributed by atoms with Gasteiger partial charge in [0.25, 0.3) is 0 Å². The molecule has 0 atom stereocenters. The summed E-state index contributed by atoms with van der Waals surface area (Å²) in [4.78, 5) is 21.0. The second-order valence-corrected chi connectivity index (χ2v) is 2.94. The molecule has 0 saturated heterocycles. The Morgan fingerprint density at radius 2 is 2.33 bits per heavy atom. The summed E-state index contributed by atoms with van der Waals surface area (Å²) in [5.74, 6) is 3.74. The Morgan fingerprint density at radius 1 is 1.58 bits per heavy atom. The van der Waals surface area contributed by atoms with E-state index in [9.17, 15) is 9.59 Å². The van der Waals surface area contributed by atoms with Crippen molar-refractivity contribution in [1.82, 2.24) is 0 Å². The summed E-state index contributed by atoms with van der Waals surface area (Å²) in [5, 5.41) is 8.52. The van der Waals surface area contributed by atoms with E-state index in [-0.39, 0.29) is 4.88 Å². The largest absolute Gasteiger partial charge is 0.477 e. The van der Waals surface area contributed by atoms with Gasteiger partial charge in [0, 0.05) is 0 Å². The van der Waals surface area contributed by atoms with Crippen LogP contribution in [0, 0.1) is 11.8 Å². The molecule has 60 valence electrons. The number of carboxylic acids is 1. The molecule has 0 aliphatic heterocycles. The molecule has 0 aliphatic carbocycles. The van der Waals surface area contributed by atoms with Gasteiger partial charge >= 0.3 is 5.97 Å². The number of hydrogen-bond donors (Lipinski definition) is 1. The Labute approximate surface area is 72.6 Å². The molecule has 1 aromatic rings. The zero-order chi connectivity index (χ0) is 8.97. The van der Waals surface area contributed by atoms with E-state index < -0.39 is 5.97 Å². The molecule has 1 heterocycles. The molecule has 1 aromatic heterocycles. The average Bonchev–Trinajstić information content (AvgIpc) is 2.48. The summed E-state index contributed by atoms with van der Waals surface area (Å²) in [6.07, 6.45) is 0.472. The van der Waals surface area contributed by atoms with E-state index in [1.165, 1.54) is 6.07 Å². The summed E-state index contributed by atoms with van der Waals surface area (Å²) >= 11 is 1.05. The molecule has 1 rings (SSSR count). The van der Waals surface area contributed by atoms with Crippen molar-refractivity contribution in [1.29, 1.82) is 0 Å². The highest BCUT2D eigenvalue weighted by atomic mass is 32.1. The summed E-state index contributed by atoms with van der Waals surface area (Å²) in [7, 11) is 0. The molecule has 0 amide bonds. The lowest BCUT2D eigenvalue weighted by molar-refractivity contribution is -0.103. The van der Waals surface area contributed by atoms with Crippen molar-refractivity contribution in [3.63, 3.8) is 0 Å². The maximum atomic E-state index is 10.4. The first kappa shape index (κ1) is 8.50. The fourth-order valence-corrected chi connectivity index (χ4v) is 1.33. The van der Waals surface area contributed by atoms with Crippen LogP contribution in [0.5, 0.6) is 0 Å². The molecular formula is C8H4O3S. The van der Waals surface area contributed by atoms with Gasteiger partial charge in [0.15, 0.2) is 6.29 Å². The molecule has 0 aromatic carbocycles. The second kappa shape index (κ2) is 3.69. The van der Waals surface area contributed by atoms with Crippen LogP contribution in [-0.4, -0.2) is 17.4 Å². The first-order chi connectivity index (χ1) is 5.74. The van der Waals surface area contributed by atoms with Gasteiger partial charge in [-0.05, 0) is 24.0 Å². The molecule has 0 saturated carbocycles. The highest BCUT2D eigenvalue weighted by molar-refractivity contribution is 7.14. The highest BCUT2D eigenvalue weighted by Crippen LogP contribution is 2.14. The predicted octanol–water partition coefficient (Wildman–Crippen LogP) is 0.997. The molecular weight excluding hydrogens is 176 g/mol. The van der Waals surface area contributed by atoms with E-state index in [4.69, 9.17) is 5.11 Å². The van der Waals surface area contributed by atoms with E-state index in [1.54, 1.807) is 6.07 Å². The van der Waals surface area contributed by atoms with Gasteiger partial charge in [-0.1, -0.05) is 0 Å². The van der Waals surface area contributed by atoms with Crippen molar-refractivity contribution < 1.29 is 14.7 Å². The molecule has 4 heteroatoms. The lowest BCUT2D eigenvalue weighted by Gasteiger charge is -1.80. The van der Waals surface area contributed by atoms with Gasteiger partial charge < -0.3 is 5.11 Å². The average molecular weight is 180 g/mol. The fourth-order valence-electron chi connectivity index (χ4n) is 0.621. The summed E-state index contributed by atoms with van der Waals surface area (Å²) < 4.78 is 0. The molecule has 0 aliphatic rings. The summed E-state index contributed by atoms with van der Waals surface area (Å²) in [5.41, 5.74) is 0. The van der Waals surface area contributed by atoms with Gasteiger partial charge in [0.2, 0.25) is 0 Å². The van der Waals surface area contributed by atoms with Crippen LogP contribution in [0.2, 0.25) is 0 Å². The van der Waals surface area contributed by atoms with Crippen molar-refractivity contribution in [2.45, 2.75) is 0 Å². The van der Waals surface area contributed by atoms with Gasteiger partial charge in [-0.3, -0.25) is 4.79 Å². The Kier molecular flexibility index (Phi) is 2.62. The van der Waals surface area contributed by atoms with Crippen molar-refractivity contribution in [3.8, 4) is 11.8 Å². The maximum Gasteiger partial charge on any atom is 0.345 e. The van der Waals surface area contributed by atoms with E-state index >= 15 is 0 Å². The number of hydrogen-bond acceptors (Lipinski definition) is 3. The van der Waals surface area contributed by atoms with Gasteiger partial charge in [-0.25, -0.2) is 4.79 Å². The van der Waals surface area contributed by atoms with E-state index in [2.05, 4.69) is 11.8 Å². The molecule has 0 unspecified atom stereocenters. The van der Waals surface area contributed by atoms with Crippen molar-refractivity contribution in [3.05, 3.63) is 21.9 Å². The quantitative estimate of drug-likeness (QED) is 0.518. The summed E-state index contributed by atoms with van der Waals surface area (Å²) in [6, 6.07) is 3.03. The lowest BCUT2D eigenvalue weighted by atomic mass is 10.4. The minimum atomic E-state index is -0.973. The third-order valence-electron chi connectivity index (χ3n) is 1.07. The maximum absolute atomic E-state index is 10.4. The zero-order valence-corrected chi connectivity index (χ0v) is 6.72. The van der Waals surface area contributed by atoms with Crippen molar-refractivity contribution >= 4 is 23.6 Å². The second-order valence-electron chi connectivity index (χ2n) is 1.86. The van der Waals surface area contributed by atoms with Crippen LogP contribution in [0.1, 0.15) is 14.5 Å². The number of aromatic carboxylic acids is 1. The van der Waals surface area contributed by atoms with Gasteiger partial charge in [-0.15, -0.1) is 11.3 Å². The van der Waals surface area contributed by atoms with E-state index in [1.807, 2.05) is 0 Å². The first-order valence-electron chi connectivity index (χ1n) is 3.02. The van der Waals surface area contributed by atoms with Crippen LogP contribution >= 0.6 is 11.3 Å². The monoisotopic (exact) mass is 180 g/mol. The Bertz CT molecular complexity index is 367. The van der Waals surface area contributed by atoms with Gasteiger partial charge in [0.1, 0.15) is 4.88 Å². The normalized spacial score (nSPS) is 8.33.